The quantitative estimate of drug-likeness (QED) is 0.855. The van der Waals surface area contributed by atoms with E-state index in [2.05, 4.69) is 15.3 Å². The van der Waals surface area contributed by atoms with Crippen LogP contribution in [0.3, 0.4) is 0 Å². The van der Waals surface area contributed by atoms with Gasteiger partial charge in [0.1, 0.15) is 5.69 Å². The van der Waals surface area contributed by atoms with Gasteiger partial charge in [-0.05, 0) is 38.1 Å². The van der Waals surface area contributed by atoms with Crippen LogP contribution < -0.4 is 11.1 Å². The number of rotatable bonds is 4. The van der Waals surface area contributed by atoms with Crippen LogP contribution in [0.1, 0.15) is 12.8 Å². The molecular weight excluding hydrogens is 226 g/mol. The number of nitrogens with one attached hydrogen (secondary N) is 1. The molecule has 18 heavy (non-hydrogen) atoms. The number of fused-ring (bicyclic) bond motifs is 1. The average Bonchev–Trinajstić information content (AvgIpc) is 3.00. The van der Waals surface area contributed by atoms with E-state index >= 15 is 0 Å². The number of hydrogen-bond donors (Lipinski definition) is 2. The van der Waals surface area contributed by atoms with Crippen LogP contribution in [0.5, 0.6) is 0 Å². The van der Waals surface area contributed by atoms with Crippen molar-refractivity contribution < 1.29 is 0 Å². The second-order valence-electron chi connectivity index (χ2n) is 4.77. The minimum Gasteiger partial charge on any atom is -0.394 e. The van der Waals surface area contributed by atoms with Gasteiger partial charge in [-0.1, -0.05) is 6.07 Å². The Bertz CT molecular complexity index is 527. The van der Waals surface area contributed by atoms with Crippen LogP contribution in [0.25, 0.3) is 5.52 Å². The van der Waals surface area contributed by atoms with Crippen molar-refractivity contribution >= 4 is 17.0 Å². The minimum atomic E-state index is 0.733. The van der Waals surface area contributed by atoms with E-state index in [9.17, 15) is 0 Å². The van der Waals surface area contributed by atoms with Gasteiger partial charge in [-0.3, -0.25) is 0 Å². The summed E-state index contributed by atoms with van der Waals surface area (Å²) in [6.45, 7) is 4.41. The first-order valence-corrected chi connectivity index (χ1v) is 6.53. The van der Waals surface area contributed by atoms with Gasteiger partial charge in [0.15, 0.2) is 5.82 Å². The number of nitrogens with zero attached hydrogens (tertiary/aromatic N) is 3. The molecule has 0 amide bonds. The van der Waals surface area contributed by atoms with Gasteiger partial charge in [0.25, 0.3) is 0 Å². The normalized spacial score (nSPS) is 16.4. The molecule has 0 unspecified atom stereocenters. The lowest BCUT2D eigenvalue weighted by atomic mass is 10.3. The van der Waals surface area contributed by atoms with E-state index < -0.39 is 0 Å². The average molecular weight is 245 g/mol. The zero-order valence-electron chi connectivity index (χ0n) is 10.5. The largest absolute Gasteiger partial charge is 0.394 e. The molecule has 96 valence electrons. The van der Waals surface area contributed by atoms with Crippen molar-refractivity contribution in [3.63, 3.8) is 0 Å². The van der Waals surface area contributed by atoms with Crippen LogP contribution in [-0.2, 0) is 0 Å². The maximum atomic E-state index is 6.07. The lowest BCUT2D eigenvalue weighted by molar-refractivity contribution is 0.352. The maximum absolute atomic E-state index is 6.07. The van der Waals surface area contributed by atoms with E-state index in [1.54, 1.807) is 0 Å². The van der Waals surface area contributed by atoms with E-state index in [0.717, 1.165) is 30.1 Å². The first kappa shape index (κ1) is 11.3. The van der Waals surface area contributed by atoms with Crippen LogP contribution >= 0.6 is 0 Å². The number of likely N-dealkylation sites (tertiary alicyclic amines) is 1. The molecule has 0 aromatic carbocycles. The lowest BCUT2D eigenvalue weighted by Crippen LogP contribution is -2.26. The van der Waals surface area contributed by atoms with Gasteiger partial charge >= 0.3 is 0 Å². The van der Waals surface area contributed by atoms with Crippen molar-refractivity contribution in [1.29, 1.82) is 0 Å². The number of nitrogen functional groups attached to an aromatic ring is 1. The van der Waals surface area contributed by atoms with Crippen LogP contribution in [0.2, 0.25) is 0 Å². The number of anilines is 2. The topological polar surface area (TPSA) is 58.6 Å². The predicted octanol–water partition coefficient (Wildman–Crippen LogP) is 1.42. The summed E-state index contributed by atoms with van der Waals surface area (Å²) in [4.78, 5) is 2.47. The number of nitrogens with two attached hydrogens (primary N) is 1. The highest BCUT2D eigenvalue weighted by Gasteiger charge is 2.12. The Balaban J connectivity index is 1.65. The number of pyridine rings is 1. The summed E-state index contributed by atoms with van der Waals surface area (Å²) in [6, 6.07) is 5.91. The highest BCUT2D eigenvalue weighted by atomic mass is 15.3. The fourth-order valence-electron chi connectivity index (χ4n) is 2.49. The van der Waals surface area contributed by atoms with E-state index in [-0.39, 0.29) is 0 Å². The zero-order chi connectivity index (χ0) is 12.4. The smallest absolute Gasteiger partial charge is 0.172 e. The Morgan fingerprint density at radius 1 is 1.28 bits per heavy atom. The van der Waals surface area contributed by atoms with Crippen molar-refractivity contribution in [1.82, 2.24) is 14.5 Å². The van der Waals surface area contributed by atoms with Crippen LogP contribution in [0, 0.1) is 0 Å². The summed E-state index contributed by atoms with van der Waals surface area (Å²) in [5, 5.41) is 7.77. The SMILES string of the molecule is Nc1c(NCCN2CCCC2)nn2ccccc12. The van der Waals surface area contributed by atoms with Crippen molar-refractivity contribution in [2.75, 3.05) is 37.2 Å². The molecule has 0 spiro atoms. The molecule has 5 heteroatoms. The summed E-state index contributed by atoms with van der Waals surface area (Å²) in [7, 11) is 0. The van der Waals surface area contributed by atoms with Gasteiger partial charge < -0.3 is 16.0 Å². The third-order valence-corrected chi connectivity index (χ3v) is 3.50. The lowest BCUT2D eigenvalue weighted by Gasteiger charge is -2.14. The summed E-state index contributed by atoms with van der Waals surface area (Å²) >= 11 is 0. The zero-order valence-corrected chi connectivity index (χ0v) is 10.5. The Morgan fingerprint density at radius 2 is 2.11 bits per heavy atom. The second-order valence-corrected chi connectivity index (χ2v) is 4.77. The van der Waals surface area contributed by atoms with Crippen molar-refractivity contribution in [2.45, 2.75) is 12.8 Å². The maximum Gasteiger partial charge on any atom is 0.172 e. The van der Waals surface area contributed by atoms with E-state index in [1.807, 2.05) is 28.9 Å². The summed E-state index contributed by atoms with van der Waals surface area (Å²) < 4.78 is 1.81. The monoisotopic (exact) mass is 245 g/mol. The summed E-state index contributed by atoms with van der Waals surface area (Å²) in [6.07, 6.45) is 4.57. The van der Waals surface area contributed by atoms with Crippen LogP contribution in [0.4, 0.5) is 11.5 Å². The summed E-state index contributed by atoms with van der Waals surface area (Å²) in [5.74, 6) is 0.792. The molecule has 3 N–H and O–H groups in total. The first-order valence-electron chi connectivity index (χ1n) is 6.53. The van der Waals surface area contributed by atoms with Gasteiger partial charge in [-0.15, -0.1) is 5.10 Å². The molecule has 0 radical (unpaired) electrons. The molecule has 3 rings (SSSR count). The van der Waals surface area contributed by atoms with Gasteiger partial charge in [-0.25, -0.2) is 4.52 Å². The molecule has 1 aliphatic rings. The molecule has 0 atom stereocenters. The van der Waals surface area contributed by atoms with Crippen molar-refractivity contribution in [3.05, 3.63) is 24.4 Å². The van der Waals surface area contributed by atoms with Gasteiger partial charge in [0.2, 0.25) is 0 Å². The van der Waals surface area contributed by atoms with E-state index in [4.69, 9.17) is 5.73 Å². The predicted molar refractivity (Wildman–Crippen MR) is 73.8 cm³/mol. The first-order chi connectivity index (χ1) is 8.84. The molecule has 0 aliphatic carbocycles. The molecule has 1 aliphatic heterocycles. The molecule has 1 fully saturated rings. The molecule has 2 aromatic rings. The molecule has 5 nitrogen and oxygen atoms in total. The Kier molecular flexibility index (Phi) is 3.06. The Hall–Kier alpha value is -1.75. The third kappa shape index (κ3) is 2.13. The van der Waals surface area contributed by atoms with Crippen LogP contribution in [-0.4, -0.2) is 40.7 Å². The van der Waals surface area contributed by atoms with Crippen molar-refractivity contribution in [2.24, 2.45) is 0 Å². The van der Waals surface area contributed by atoms with Gasteiger partial charge in [-0.2, -0.15) is 0 Å². The second kappa shape index (κ2) is 4.86. The Morgan fingerprint density at radius 3 is 2.89 bits per heavy atom. The fraction of sp³-hybridized carbons (Fsp3) is 0.462. The molecule has 0 bridgehead atoms. The molecular formula is C13H19N5. The molecule has 3 heterocycles. The number of hydrogen-bond acceptors (Lipinski definition) is 4. The van der Waals surface area contributed by atoms with Crippen molar-refractivity contribution in [3.8, 4) is 0 Å². The molecule has 0 saturated carbocycles. The van der Waals surface area contributed by atoms with Gasteiger partial charge in [0, 0.05) is 19.3 Å². The van der Waals surface area contributed by atoms with Gasteiger partial charge in [0.05, 0.1) is 5.52 Å². The highest BCUT2D eigenvalue weighted by Crippen LogP contribution is 2.22. The van der Waals surface area contributed by atoms with E-state index in [0.29, 0.717) is 0 Å². The third-order valence-electron chi connectivity index (χ3n) is 3.50. The highest BCUT2D eigenvalue weighted by molar-refractivity contribution is 5.80. The van der Waals surface area contributed by atoms with Crippen LogP contribution in [0.15, 0.2) is 24.4 Å². The molecule has 2 aromatic heterocycles. The Labute approximate surface area is 107 Å². The minimum absolute atomic E-state index is 0.733. The fourth-order valence-corrected chi connectivity index (χ4v) is 2.49. The molecule has 1 saturated heterocycles. The standard InChI is InChI=1S/C13H19N5/c14-12-11-5-1-2-9-18(11)16-13(12)15-6-10-17-7-3-4-8-17/h1-2,5,9H,3-4,6-8,10,14H2,(H,15,16). The van der Waals surface area contributed by atoms with E-state index in [1.165, 1.54) is 25.9 Å². The number of aromatic nitrogens is 2. The summed E-state index contributed by atoms with van der Waals surface area (Å²) in [5.41, 5.74) is 7.77.